The Morgan fingerprint density at radius 2 is 2.00 bits per heavy atom. The zero-order valence-corrected chi connectivity index (χ0v) is 14.6. The second-order valence-electron chi connectivity index (χ2n) is 6.63. The number of carbonyl (C=O) groups is 1. The van der Waals surface area contributed by atoms with Crippen LogP contribution in [0.4, 0.5) is 0 Å². The van der Waals surface area contributed by atoms with Crippen LogP contribution in [0.1, 0.15) is 33.8 Å². The zero-order chi connectivity index (χ0) is 17.6. The van der Waals surface area contributed by atoms with Crippen LogP contribution in [0.3, 0.4) is 0 Å². The first-order chi connectivity index (χ1) is 12.2. The summed E-state index contributed by atoms with van der Waals surface area (Å²) in [6, 6.07) is 17.9. The quantitative estimate of drug-likeness (QED) is 0.911. The molecular weight excluding hydrogens is 314 g/mol. The van der Waals surface area contributed by atoms with Gasteiger partial charge in [0.05, 0.1) is 6.61 Å². The maximum atomic E-state index is 12.9. The molecule has 2 atom stereocenters. The highest BCUT2D eigenvalue weighted by molar-refractivity contribution is 5.94. The van der Waals surface area contributed by atoms with Crippen LogP contribution in [0.2, 0.25) is 0 Å². The van der Waals surface area contributed by atoms with Crippen LogP contribution in [0, 0.1) is 5.92 Å². The minimum Gasteiger partial charge on any atom is -0.396 e. The van der Waals surface area contributed by atoms with Crippen molar-refractivity contribution < 1.29 is 14.6 Å². The third kappa shape index (κ3) is 4.09. The maximum Gasteiger partial charge on any atom is 0.253 e. The Balaban J connectivity index is 1.72. The standard InChI is InChI=1S/C21H25NO3/c1-25-15-16-6-5-9-18(12-16)21(24)22-11-10-20(19(13-22)14-23)17-7-3-2-4-8-17/h2-9,12,19-20,23H,10-11,13-15H2,1H3/t19-,20+/m1/s1. The number of carbonyl (C=O) groups excluding carboxylic acids is 1. The van der Waals surface area contributed by atoms with Gasteiger partial charge in [0.1, 0.15) is 0 Å². The molecule has 1 amide bonds. The van der Waals surface area contributed by atoms with Crippen LogP contribution in [0.5, 0.6) is 0 Å². The van der Waals surface area contributed by atoms with E-state index in [2.05, 4.69) is 12.1 Å². The Kier molecular flexibility index (Phi) is 5.84. The molecule has 1 heterocycles. The Morgan fingerprint density at radius 3 is 2.72 bits per heavy atom. The van der Waals surface area contributed by atoms with E-state index in [-0.39, 0.29) is 18.4 Å². The molecule has 1 fully saturated rings. The Labute approximate surface area is 149 Å². The van der Waals surface area contributed by atoms with Gasteiger partial charge in [0.15, 0.2) is 0 Å². The van der Waals surface area contributed by atoms with Gasteiger partial charge < -0.3 is 14.7 Å². The molecule has 1 saturated heterocycles. The average Bonchev–Trinajstić information content (AvgIpc) is 2.68. The molecule has 2 aromatic carbocycles. The number of hydrogen-bond donors (Lipinski definition) is 1. The lowest BCUT2D eigenvalue weighted by Gasteiger charge is -2.38. The van der Waals surface area contributed by atoms with Crippen molar-refractivity contribution in [2.75, 3.05) is 26.8 Å². The first kappa shape index (κ1) is 17.6. The molecule has 25 heavy (non-hydrogen) atoms. The largest absolute Gasteiger partial charge is 0.396 e. The molecule has 0 saturated carbocycles. The molecule has 3 rings (SSSR count). The lowest BCUT2D eigenvalue weighted by molar-refractivity contribution is 0.0577. The van der Waals surface area contributed by atoms with Gasteiger partial charge in [0.2, 0.25) is 0 Å². The van der Waals surface area contributed by atoms with Gasteiger partial charge in [-0.05, 0) is 35.6 Å². The smallest absolute Gasteiger partial charge is 0.253 e. The molecule has 1 N–H and O–H groups in total. The van der Waals surface area contributed by atoms with Gasteiger partial charge in [0.25, 0.3) is 5.91 Å². The Hall–Kier alpha value is -2.17. The third-order valence-electron chi connectivity index (χ3n) is 4.97. The zero-order valence-electron chi connectivity index (χ0n) is 14.6. The van der Waals surface area contributed by atoms with E-state index in [4.69, 9.17) is 4.74 Å². The van der Waals surface area contributed by atoms with Crippen molar-refractivity contribution in [3.63, 3.8) is 0 Å². The monoisotopic (exact) mass is 339 g/mol. The van der Waals surface area contributed by atoms with Crippen molar-refractivity contribution in [1.29, 1.82) is 0 Å². The molecule has 1 aliphatic rings. The number of likely N-dealkylation sites (tertiary alicyclic amines) is 1. The van der Waals surface area contributed by atoms with E-state index in [1.807, 2.05) is 47.4 Å². The van der Waals surface area contributed by atoms with E-state index in [1.54, 1.807) is 7.11 Å². The molecule has 0 bridgehead atoms. The minimum absolute atomic E-state index is 0.0305. The highest BCUT2D eigenvalue weighted by Crippen LogP contribution is 2.33. The van der Waals surface area contributed by atoms with Crippen molar-refractivity contribution >= 4 is 5.91 Å². The normalized spacial score (nSPS) is 20.5. The summed E-state index contributed by atoms with van der Waals surface area (Å²) in [5, 5.41) is 9.85. The number of hydrogen-bond acceptors (Lipinski definition) is 3. The van der Waals surface area contributed by atoms with E-state index in [0.29, 0.717) is 31.2 Å². The van der Waals surface area contributed by atoms with Crippen LogP contribution in [-0.2, 0) is 11.3 Å². The fraction of sp³-hybridized carbons (Fsp3) is 0.381. The topological polar surface area (TPSA) is 49.8 Å². The lowest BCUT2D eigenvalue weighted by atomic mass is 9.80. The first-order valence-electron chi connectivity index (χ1n) is 8.76. The molecule has 0 aromatic heterocycles. The fourth-order valence-corrected chi connectivity index (χ4v) is 3.68. The van der Waals surface area contributed by atoms with Crippen molar-refractivity contribution in [2.24, 2.45) is 5.92 Å². The predicted octanol–water partition coefficient (Wildman–Crippen LogP) is 3.07. The number of aliphatic hydroxyl groups is 1. The summed E-state index contributed by atoms with van der Waals surface area (Å²) in [5.74, 6) is 0.403. The van der Waals surface area contributed by atoms with E-state index in [1.165, 1.54) is 5.56 Å². The molecule has 2 aromatic rings. The molecule has 0 unspecified atom stereocenters. The van der Waals surface area contributed by atoms with Crippen molar-refractivity contribution in [2.45, 2.75) is 18.9 Å². The van der Waals surface area contributed by atoms with E-state index >= 15 is 0 Å². The number of piperidine rings is 1. The van der Waals surface area contributed by atoms with Gasteiger partial charge in [-0.15, -0.1) is 0 Å². The molecule has 132 valence electrons. The number of rotatable bonds is 5. The van der Waals surface area contributed by atoms with Gasteiger partial charge >= 0.3 is 0 Å². The molecule has 1 aliphatic heterocycles. The molecule has 0 aliphatic carbocycles. The van der Waals surface area contributed by atoms with Gasteiger partial charge in [-0.2, -0.15) is 0 Å². The highest BCUT2D eigenvalue weighted by atomic mass is 16.5. The van der Waals surface area contributed by atoms with Crippen LogP contribution < -0.4 is 0 Å². The summed E-state index contributed by atoms with van der Waals surface area (Å²) in [7, 11) is 1.65. The fourth-order valence-electron chi connectivity index (χ4n) is 3.68. The number of benzene rings is 2. The SMILES string of the molecule is COCc1cccc(C(=O)N2CC[C@@H](c3ccccc3)[C@@H](CO)C2)c1. The van der Waals surface area contributed by atoms with Crippen molar-refractivity contribution in [3.8, 4) is 0 Å². The highest BCUT2D eigenvalue weighted by Gasteiger charge is 2.32. The minimum atomic E-state index is 0.0305. The molecule has 4 nitrogen and oxygen atoms in total. The van der Waals surface area contributed by atoms with E-state index in [0.717, 1.165) is 12.0 Å². The lowest BCUT2D eigenvalue weighted by Crippen LogP contribution is -2.44. The van der Waals surface area contributed by atoms with E-state index in [9.17, 15) is 9.90 Å². The van der Waals surface area contributed by atoms with Crippen LogP contribution in [-0.4, -0.2) is 42.7 Å². The number of amides is 1. The number of ether oxygens (including phenoxy) is 1. The Bertz CT molecular complexity index is 701. The molecule has 0 radical (unpaired) electrons. The maximum absolute atomic E-state index is 12.9. The van der Waals surface area contributed by atoms with Gasteiger partial charge in [0, 0.05) is 38.3 Å². The van der Waals surface area contributed by atoms with Gasteiger partial charge in [-0.3, -0.25) is 4.79 Å². The van der Waals surface area contributed by atoms with E-state index < -0.39 is 0 Å². The average molecular weight is 339 g/mol. The van der Waals surface area contributed by atoms with Crippen LogP contribution in [0.15, 0.2) is 54.6 Å². The summed E-state index contributed by atoms with van der Waals surface area (Å²) in [6.45, 7) is 1.89. The van der Waals surface area contributed by atoms with Gasteiger partial charge in [-0.1, -0.05) is 42.5 Å². The number of nitrogens with zero attached hydrogens (tertiary/aromatic N) is 1. The molecule has 0 spiro atoms. The predicted molar refractivity (Wildman–Crippen MR) is 97.4 cm³/mol. The summed E-state index contributed by atoms with van der Waals surface area (Å²) < 4.78 is 5.15. The van der Waals surface area contributed by atoms with Crippen LogP contribution in [0.25, 0.3) is 0 Å². The first-order valence-corrected chi connectivity index (χ1v) is 8.76. The summed E-state index contributed by atoms with van der Waals surface area (Å²) in [5.41, 5.74) is 2.92. The van der Waals surface area contributed by atoms with Gasteiger partial charge in [-0.25, -0.2) is 0 Å². The van der Waals surface area contributed by atoms with Crippen molar-refractivity contribution in [3.05, 3.63) is 71.3 Å². The molecule has 4 heteroatoms. The second kappa shape index (κ2) is 8.28. The number of methoxy groups -OCH3 is 1. The van der Waals surface area contributed by atoms with Crippen molar-refractivity contribution in [1.82, 2.24) is 4.90 Å². The Morgan fingerprint density at radius 1 is 1.20 bits per heavy atom. The summed E-state index contributed by atoms with van der Waals surface area (Å²) in [4.78, 5) is 14.7. The third-order valence-corrected chi connectivity index (χ3v) is 4.97. The summed E-state index contributed by atoms with van der Waals surface area (Å²) >= 11 is 0. The van der Waals surface area contributed by atoms with Crippen LogP contribution >= 0.6 is 0 Å². The number of aliphatic hydroxyl groups excluding tert-OH is 1. The second-order valence-corrected chi connectivity index (χ2v) is 6.63. The molecular formula is C21H25NO3. The summed E-state index contributed by atoms with van der Waals surface area (Å²) in [6.07, 6.45) is 0.874.